The largest absolute Gasteiger partial charge is 0.496 e. The van der Waals surface area contributed by atoms with Gasteiger partial charge in [0, 0.05) is 19.0 Å². The average molecular weight is 707 g/mol. The molecule has 1 atom stereocenters. The number of halogens is 1. The normalized spacial score (nSPS) is 12.0. The van der Waals surface area contributed by atoms with Crippen LogP contribution in [-0.2, 0) is 32.6 Å². The molecule has 0 spiro atoms. The summed E-state index contributed by atoms with van der Waals surface area (Å²) in [5, 5.41) is 2.98. The predicted octanol–water partition coefficient (Wildman–Crippen LogP) is 6.43. The lowest BCUT2D eigenvalue weighted by atomic mass is 10.0. The molecular formula is C36H40BrN3O5S. The summed E-state index contributed by atoms with van der Waals surface area (Å²) in [5.74, 6) is -0.356. The SMILES string of the molecule is COc1ccc(S(=O)(=O)N(CC(=O)N(Cc2ccccc2C)[C@@H](Cc2ccccc2)C(=O)NC(C)C)c2ccc(C)cc2)cc1Br. The van der Waals surface area contributed by atoms with Gasteiger partial charge in [0.25, 0.3) is 10.0 Å². The van der Waals surface area contributed by atoms with Crippen LogP contribution in [0.3, 0.4) is 0 Å². The molecule has 242 valence electrons. The minimum atomic E-state index is -4.25. The number of nitrogens with one attached hydrogen (secondary N) is 1. The summed E-state index contributed by atoms with van der Waals surface area (Å²) in [7, 11) is -2.75. The predicted molar refractivity (Wildman–Crippen MR) is 185 cm³/mol. The topological polar surface area (TPSA) is 96.0 Å². The van der Waals surface area contributed by atoms with Crippen LogP contribution in [0, 0.1) is 13.8 Å². The Bertz CT molecular complexity index is 1760. The zero-order valence-electron chi connectivity index (χ0n) is 26.7. The molecule has 0 bridgehead atoms. The molecule has 46 heavy (non-hydrogen) atoms. The Hall–Kier alpha value is -4.15. The van der Waals surface area contributed by atoms with E-state index in [9.17, 15) is 18.0 Å². The van der Waals surface area contributed by atoms with Crippen molar-refractivity contribution >= 4 is 43.5 Å². The maximum atomic E-state index is 14.6. The van der Waals surface area contributed by atoms with Gasteiger partial charge in [-0.3, -0.25) is 13.9 Å². The fourth-order valence-electron chi connectivity index (χ4n) is 5.08. The highest BCUT2D eigenvalue weighted by molar-refractivity contribution is 9.10. The number of ether oxygens (including phenoxy) is 1. The standard InChI is InChI=1S/C36H40BrN3O5S/c1-25(2)38-36(42)33(21-28-12-7-6-8-13-28)39(23-29-14-10-9-11-27(29)4)35(41)24-40(30-17-15-26(3)16-18-30)46(43,44)31-19-20-34(45-5)32(37)22-31/h6-20,22,25,33H,21,23-24H2,1-5H3,(H,38,42)/t33-/m0/s1. The van der Waals surface area contributed by atoms with Crippen LogP contribution in [0.2, 0.25) is 0 Å². The van der Waals surface area contributed by atoms with Gasteiger partial charge in [-0.1, -0.05) is 72.3 Å². The van der Waals surface area contributed by atoms with Crippen LogP contribution in [0.25, 0.3) is 0 Å². The van der Waals surface area contributed by atoms with Crippen LogP contribution in [0.5, 0.6) is 5.75 Å². The van der Waals surface area contributed by atoms with Crippen molar-refractivity contribution < 1.29 is 22.7 Å². The highest BCUT2D eigenvalue weighted by Gasteiger charge is 2.35. The number of nitrogens with zero attached hydrogens (tertiary/aromatic N) is 2. The van der Waals surface area contributed by atoms with Crippen LogP contribution in [0.4, 0.5) is 5.69 Å². The maximum Gasteiger partial charge on any atom is 0.264 e. The molecule has 4 rings (SSSR count). The van der Waals surface area contributed by atoms with Crippen LogP contribution < -0.4 is 14.4 Å². The molecule has 8 nitrogen and oxygen atoms in total. The van der Waals surface area contributed by atoms with Gasteiger partial charge in [0.2, 0.25) is 11.8 Å². The van der Waals surface area contributed by atoms with Gasteiger partial charge >= 0.3 is 0 Å². The van der Waals surface area contributed by atoms with Crippen molar-refractivity contribution in [3.8, 4) is 5.75 Å². The number of methoxy groups -OCH3 is 1. The monoisotopic (exact) mass is 705 g/mol. The number of benzene rings is 4. The van der Waals surface area contributed by atoms with Crippen LogP contribution >= 0.6 is 15.9 Å². The molecule has 4 aromatic carbocycles. The first-order valence-corrected chi connectivity index (χ1v) is 17.2. The Balaban J connectivity index is 1.82. The van der Waals surface area contributed by atoms with Gasteiger partial charge in [0.1, 0.15) is 18.3 Å². The first-order chi connectivity index (χ1) is 21.9. The van der Waals surface area contributed by atoms with E-state index in [1.165, 1.54) is 24.1 Å². The van der Waals surface area contributed by atoms with Gasteiger partial charge in [-0.25, -0.2) is 8.42 Å². The van der Waals surface area contributed by atoms with Gasteiger partial charge in [-0.15, -0.1) is 0 Å². The van der Waals surface area contributed by atoms with E-state index in [0.717, 1.165) is 26.6 Å². The first kappa shape index (κ1) is 34.7. The summed E-state index contributed by atoms with van der Waals surface area (Å²) < 4.78 is 35.5. The van der Waals surface area contributed by atoms with Gasteiger partial charge < -0.3 is 15.0 Å². The van der Waals surface area contributed by atoms with Crippen molar-refractivity contribution in [3.63, 3.8) is 0 Å². The highest BCUT2D eigenvalue weighted by atomic mass is 79.9. The first-order valence-electron chi connectivity index (χ1n) is 15.0. The molecule has 0 saturated heterocycles. The molecule has 0 aliphatic rings. The molecular weight excluding hydrogens is 666 g/mol. The second-order valence-electron chi connectivity index (χ2n) is 11.5. The minimum absolute atomic E-state index is 0.0163. The van der Waals surface area contributed by atoms with Crippen LogP contribution in [0.1, 0.15) is 36.1 Å². The van der Waals surface area contributed by atoms with E-state index >= 15 is 0 Å². The van der Waals surface area contributed by atoms with E-state index in [1.54, 1.807) is 30.3 Å². The highest BCUT2D eigenvalue weighted by Crippen LogP contribution is 2.31. The third-order valence-electron chi connectivity index (χ3n) is 7.62. The van der Waals surface area contributed by atoms with Crippen LogP contribution in [-0.4, -0.2) is 50.9 Å². The van der Waals surface area contributed by atoms with Crippen molar-refractivity contribution in [3.05, 3.63) is 124 Å². The van der Waals surface area contributed by atoms with Gasteiger partial charge in [-0.05, 0) is 90.6 Å². The smallest absolute Gasteiger partial charge is 0.264 e. The van der Waals surface area contributed by atoms with E-state index in [2.05, 4.69) is 21.2 Å². The molecule has 0 aliphatic carbocycles. The van der Waals surface area contributed by atoms with Crippen molar-refractivity contribution in [2.24, 2.45) is 0 Å². The number of aryl methyl sites for hydroxylation is 2. The van der Waals surface area contributed by atoms with Crippen LogP contribution in [0.15, 0.2) is 106 Å². The molecule has 1 N–H and O–H groups in total. The summed E-state index contributed by atoms with van der Waals surface area (Å²) in [6.07, 6.45) is 0.250. The molecule has 0 aliphatic heterocycles. The molecule has 0 fully saturated rings. The molecule has 10 heteroatoms. The fourth-order valence-corrected chi connectivity index (χ4v) is 7.21. The number of carbonyl (C=O) groups excluding carboxylic acids is 2. The van der Waals surface area contributed by atoms with Crippen molar-refractivity contribution in [1.82, 2.24) is 10.2 Å². The zero-order valence-corrected chi connectivity index (χ0v) is 29.1. The van der Waals surface area contributed by atoms with Gasteiger partial charge in [0.15, 0.2) is 0 Å². The lowest BCUT2D eigenvalue weighted by molar-refractivity contribution is -0.140. The lowest BCUT2D eigenvalue weighted by Crippen LogP contribution is -2.54. The van der Waals surface area contributed by atoms with Crippen molar-refractivity contribution in [2.75, 3.05) is 18.0 Å². The van der Waals surface area contributed by atoms with Crippen molar-refractivity contribution in [1.29, 1.82) is 0 Å². The molecule has 4 aromatic rings. The summed E-state index contributed by atoms with van der Waals surface area (Å²) in [6.45, 7) is 7.17. The molecule has 0 radical (unpaired) electrons. The Kier molecular flexibility index (Phi) is 11.6. The number of anilines is 1. The Labute approximate surface area is 280 Å². The van der Waals surface area contributed by atoms with E-state index in [1.807, 2.05) is 82.3 Å². The second kappa shape index (κ2) is 15.4. The number of hydrogen-bond acceptors (Lipinski definition) is 5. The Morgan fingerprint density at radius 2 is 1.54 bits per heavy atom. The van der Waals surface area contributed by atoms with E-state index in [-0.39, 0.29) is 29.8 Å². The molecule has 0 saturated carbocycles. The maximum absolute atomic E-state index is 14.6. The zero-order chi connectivity index (χ0) is 33.4. The number of carbonyl (C=O) groups is 2. The summed E-state index contributed by atoms with van der Waals surface area (Å²) in [4.78, 5) is 29.9. The molecule has 0 heterocycles. The van der Waals surface area contributed by atoms with E-state index < -0.39 is 28.5 Å². The number of rotatable bonds is 13. The van der Waals surface area contributed by atoms with E-state index in [4.69, 9.17) is 4.74 Å². The summed E-state index contributed by atoms with van der Waals surface area (Å²) in [5.41, 5.74) is 3.95. The molecule has 2 amide bonds. The van der Waals surface area contributed by atoms with Gasteiger partial charge in [-0.2, -0.15) is 0 Å². The lowest BCUT2D eigenvalue weighted by Gasteiger charge is -2.34. The number of hydrogen-bond donors (Lipinski definition) is 1. The summed E-state index contributed by atoms with van der Waals surface area (Å²) >= 11 is 3.39. The second-order valence-corrected chi connectivity index (χ2v) is 14.2. The van der Waals surface area contributed by atoms with Gasteiger partial charge in [0.05, 0.1) is 22.2 Å². The summed E-state index contributed by atoms with van der Waals surface area (Å²) in [6, 6.07) is 27.5. The number of sulfonamides is 1. The average Bonchev–Trinajstić information content (AvgIpc) is 3.02. The third kappa shape index (κ3) is 8.55. The minimum Gasteiger partial charge on any atom is -0.496 e. The quantitative estimate of drug-likeness (QED) is 0.173. The molecule has 0 unspecified atom stereocenters. The van der Waals surface area contributed by atoms with E-state index in [0.29, 0.717) is 15.9 Å². The Morgan fingerprint density at radius 1 is 0.891 bits per heavy atom. The Morgan fingerprint density at radius 3 is 2.15 bits per heavy atom. The van der Waals surface area contributed by atoms with Crippen molar-refractivity contribution in [2.45, 2.75) is 57.6 Å². The fraction of sp³-hybridized carbons (Fsp3) is 0.278. The third-order valence-corrected chi connectivity index (χ3v) is 10.0. The number of amides is 2. The molecule has 0 aromatic heterocycles.